The molecule has 2 rings (SSSR count). The van der Waals surface area contributed by atoms with Crippen molar-refractivity contribution in [1.82, 2.24) is 4.98 Å². The number of nitrogens with zero attached hydrogens (tertiary/aromatic N) is 2. The van der Waals surface area contributed by atoms with Crippen molar-refractivity contribution in [3.63, 3.8) is 0 Å². The average molecular weight is 269 g/mol. The van der Waals surface area contributed by atoms with Gasteiger partial charge in [-0.2, -0.15) is 0 Å². The van der Waals surface area contributed by atoms with Crippen LogP contribution in [0.15, 0.2) is 12.1 Å². The van der Waals surface area contributed by atoms with E-state index in [0.717, 1.165) is 13.0 Å². The van der Waals surface area contributed by atoms with Crippen LogP contribution in [0.3, 0.4) is 0 Å². The van der Waals surface area contributed by atoms with E-state index in [1.807, 2.05) is 0 Å². The molecular weight excluding hydrogens is 252 g/mol. The Balaban J connectivity index is 2.41. The topological polar surface area (TPSA) is 53.4 Å². The summed E-state index contributed by atoms with van der Waals surface area (Å²) in [7, 11) is 0. The van der Waals surface area contributed by atoms with Crippen LogP contribution < -0.4 is 4.90 Å². The second kappa shape index (κ2) is 5.14. The van der Waals surface area contributed by atoms with Gasteiger partial charge in [-0.1, -0.05) is 18.5 Å². The van der Waals surface area contributed by atoms with Crippen LogP contribution in [0.2, 0.25) is 5.15 Å². The summed E-state index contributed by atoms with van der Waals surface area (Å²) in [6.45, 7) is 5.10. The average Bonchev–Trinajstić information content (AvgIpc) is 2.31. The molecule has 18 heavy (non-hydrogen) atoms. The molecule has 98 valence electrons. The molecule has 0 radical (unpaired) electrons. The molecule has 5 heteroatoms. The largest absolute Gasteiger partial charge is 0.478 e. The highest BCUT2D eigenvalue weighted by Crippen LogP contribution is 2.29. The fourth-order valence-electron chi connectivity index (χ4n) is 2.39. The van der Waals surface area contributed by atoms with Crippen molar-refractivity contribution in [2.45, 2.75) is 32.7 Å². The third kappa shape index (κ3) is 2.58. The van der Waals surface area contributed by atoms with Gasteiger partial charge in [0.25, 0.3) is 0 Å². The second-order valence-corrected chi connectivity index (χ2v) is 5.38. The Labute approximate surface area is 112 Å². The zero-order valence-corrected chi connectivity index (χ0v) is 11.3. The summed E-state index contributed by atoms with van der Waals surface area (Å²) in [6.07, 6.45) is 2.22. The molecule has 0 aromatic carbocycles. The van der Waals surface area contributed by atoms with Crippen molar-refractivity contribution in [3.05, 3.63) is 22.8 Å². The molecule has 1 N–H and O–H groups in total. The summed E-state index contributed by atoms with van der Waals surface area (Å²) in [5, 5.41) is 9.56. The van der Waals surface area contributed by atoms with Gasteiger partial charge in [0.2, 0.25) is 0 Å². The zero-order chi connectivity index (χ0) is 13.3. The molecule has 1 aliphatic rings. The van der Waals surface area contributed by atoms with Crippen molar-refractivity contribution in [2.75, 3.05) is 11.4 Å². The van der Waals surface area contributed by atoms with Crippen molar-refractivity contribution >= 4 is 23.4 Å². The first-order valence-corrected chi connectivity index (χ1v) is 6.53. The Morgan fingerprint density at radius 1 is 1.44 bits per heavy atom. The fourth-order valence-corrected chi connectivity index (χ4v) is 2.54. The van der Waals surface area contributed by atoms with Gasteiger partial charge >= 0.3 is 5.97 Å². The van der Waals surface area contributed by atoms with Gasteiger partial charge < -0.3 is 10.0 Å². The van der Waals surface area contributed by atoms with E-state index < -0.39 is 5.97 Å². The summed E-state index contributed by atoms with van der Waals surface area (Å²) < 4.78 is 0. The van der Waals surface area contributed by atoms with Crippen LogP contribution in [0.4, 0.5) is 5.82 Å². The number of hydrogen-bond donors (Lipinski definition) is 1. The molecule has 0 saturated carbocycles. The highest BCUT2D eigenvalue weighted by molar-refractivity contribution is 6.29. The van der Waals surface area contributed by atoms with Crippen LogP contribution >= 0.6 is 11.6 Å². The number of halogens is 1. The Morgan fingerprint density at radius 2 is 2.17 bits per heavy atom. The summed E-state index contributed by atoms with van der Waals surface area (Å²) >= 11 is 5.89. The molecule has 4 nitrogen and oxygen atoms in total. The summed E-state index contributed by atoms with van der Waals surface area (Å²) in [4.78, 5) is 17.5. The molecule has 0 aliphatic carbocycles. The minimum absolute atomic E-state index is 0.223. The summed E-state index contributed by atoms with van der Waals surface area (Å²) in [5.41, 5.74) is 0.223. The van der Waals surface area contributed by atoms with E-state index in [4.69, 9.17) is 11.6 Å². The standard InChI is InChI=1S/C13H17ClN2O2/c1-8-3-4-9(2)16(7-8)12-10(13(17)18)5-6-11(14)15-12/h5-6,8-9H,3-4,7H2,1-2H3,(H,17,18). The number of rotatable bonds is 2. The highest BCUT2D eigenvalue weighted by atomic mass is 35.5. The van der Waals surface area contributed by atoms with Crippen molar-refractivity contribution < 1.29 is 9.90 Å². The SMILES string of the molecule is CC1CCC(C)N(c2nc(Cl)ccc2C(=O)O)C1. The first-order chi connectivity index (χ1) is 8.49. The quantitative estimate of drug-likeness (QED) is 0.838. The van der Waals surface area contributed by atoms with Crippen molar-refractivity contribution in [2.24, 2.45) is 5.92 Å². The maximum atomic E-state index is 11.3. The minimum atomic E-state index is -0.959. The first kappa shape index (κ1) is 13.1. The second-order valence-electron chi connectivity index (χ2n) is 4.99. The molecule has 2 atom stereocenters. The third-order valence-electron chi connectivity index (χ3n) is 3.46. The molecule has 2 unspecified atom stereocenters. The lowest BCUT2D eigenvalue weighted by atomic mass is 9.94. The summed E-state index contributed by atoms with van der Waals surface area (Å²) in [6, 6.07) is 3.34. The van der Waals surface area contributed by atoms with E-state index in [0.29, 0.717) is 22.9 Å². The Morgan fingerprint density at radius 3 is 2.83 bits per heavy atom. The maximum Gasteiger partial charge on any atom is 0.339 e. The van der Waals surface area contributed by atoms with Gasteiger partial charge in [0, 0.05) is 12.6 Å². The van der Waals surface area contributed by atoms with Gasteiger partial charge in [0.1, 0.15) is 16.5 Å². The zero-order valence-electron chi connectivity index (χ0n) is 10.6. The number of piperidine rings is 1. The molecule has 1 saturated heterocycles. The van der Waals surface area contributed by atoms with Gasteiger partial charge in [-0.05, 0) is 37.8 Å². The number of aromatic nitrogens is 1. The number of hydrogen-bond acceptors (Lipinski definition) is 3. The molecule has 0 spiro atoms. The molecule has 0 bridgehead atoms. The van der Waals surface area contributed by atoms with Crippen LogP contribution in [0.5, 0.6) is 0 Å². The Kier molecular flexibility index (Phi) is 3.76. The van der Waals surface area contributed by atoms with Crippen LogP contribution in [0.1, 0.15) is 37.0 Å². The van der Waals surface area contributed by atoms with E-state index in [1.54, 1.807) is 0 Å². The van der Waals surface area contributed by atoms with Crippen LogP contribution in [-0.2, 0) is 0 Å². The number of carboxylic acids is 1. The maximum absolute atomic E-state index is 11.3. The van der Waals surface area contributed by atoms with Crippen molar-refractivity contribution in [3.8, 4) is 0 Å². The minimum Gasteiger partial charge on any atom is -0.478 e. The lowest BCUT2D eigenvalue weighted by Crippen LogP contribution is -2.42. The van der Waals surface area contributed by atoms with Gasteiger partial charge in [0.05, 0.1) is 0 Å². The molecule has 1 fully saturated rings. The number of carbonyl (C=O) groups is 1. The van der Waals surface area contributed by atoms with E-state index in [-0.39, 0.29) is 5.56 Å². The fraction of sp³-hybridized carbons (Fsp3) is 0.538. The predicted octanol–water partition coefficient (Wildman–Crippen LogP) is 3.06. The predicted molar refractivity (Wildman–Crippen MR) is 71.4 cm³/mol. The Hall–Kier alpha value is -1.29. The first-order valence-electron chi connectivity index (χ1n) is 6.15. The van der Waals surface area contributed by atoms with Crippen molar-refractivity contribution in [1.29, 1.82) is 0 Å². The lowest BCUT2D eigenvalue weighted by Gasteiger charge is -2.38. The molecule has 1 aromatic heterocycles. The molecule has 1 aromatic rings. The van der Waals surface area contributed by atoms with Gasteiger partial charge in [-0.25, -0.2) is 9.78 Å². The van der Waals surface area contributed by atoms with Gasteiger partial charge in [-0.3, -0.25) is 0 Å². The van der Waals surface area contributed by atoms with Gasteiger partial charge in [0.15, 0.2) is 0 Å². The smallest absolute Gasteiger partial charge is 0.339 e. The summed E-state index contributed by atoms with van der Waals surface area (Å²) in [5.74, 6) is 0.0808. The molecular formula is C13H17ClN2O2. The van der Waals surface area contributed by atoms with Crippen LogP contribution in [-0.4, -0.2) is 28.6 Å². The molecule has 1 aliphatic heterocycles. The monoisotopic (exact) mass is 268 g/mol. The third-order valence-corrected chi connectivity index (χ3v) is 3.67. The highest BCUT2D eigenvalue weighted by Gasteiger charge is 2.27. The molecule has 2 heterocycles. The number of carboxylic acid groups (broad SMARTS) is 1. The number of aromatic carboxylic acids is 1. The van der Waals surface area contributed by atoms with E-state index >= 15 is 0 Å². The molecule has 0 amide bonds. The van der Waals surface area contributed by atoms with Gasteiger partial charge in [-0.15, -0.1) is 0 Å². The number of anilines is 1. The normalized spacial score (nSPS) is 24.1. The van der Waals surface area contributed by atoms with Crippen LogP contribution in [0, 0.1) is 5.92 Å². The number of pyridine rings is 1. The Bertz CT molecular complexity index is 464. The van der Waals surface area contributed by atoms with Crippen LogP contribution in [0.25, 0.3) is 0 Å². The lowest BCUT2D eigenvalue weighted by molar-refractivity contribution is 0.0697. The van der Waals surface area contributed by atoms with E-state index in [2.05, 4.69) is 23.7 Å². The van der Waals surface area contributed by atoms with E-state index in [1.165, 1.54) is 18.6 Å². The van der Waals surface area contributed by atoms with E-state index in [9.17, 15) is 9.90 Å².